The summed E-state index contributed by atoms with van der Waals surface area (Å²) in [6.07, 6.45) is 1.30. The van der Waals surface area contributed by atoms with Crippen LogP contribution in [0.2, 0.25) is 0 Å². The third kappa shape index (κ3) is 5.16. The molecule has 0 aromatic heterocycles. The van der Waals surface area contributed by atoms with E-state index in [2.05, 4.69) is 5.32 Å². The fourth-order valence-corrected chi connectivity index (χ4v) is 1.47. The molecule has 0 amide bonds. The molecule has 0 heterocycles. The number of benzene rings is 1. The molecular formula is C13H21N3O2. The molecule has 0 radical (unpaired) electrons. The molecule has 0 fully saturated rings. The van der Waals surface area contributed by atoms with Crippen LogP contribution in [0, 0.1) is 5.41 Å². The molecule has 0 spiro atoms. The van der Waals surface area contributed by atoms with E-state index in [1.165, 1.54) is 6.21 Å². The Balaban J connectivity index is 2.26. The van der Waals surface area contributed by atoms with Crippen molar-refractivity contribution in [1.82, 2.24) is 0 Å². The lowest BCUT2D eigenvalue weighted by atomic mass is 10.1. The van der Waals surface area contributed by atoms with Crippen molar-refractivity contribution in [3.05, 3.63) is 23.8 Å². The molecule has 0 saturated carbocycles. The number of rotatable bonds is 9. The highest BCUT2D eigenvalue weighted by Gasteiger charge is 1.99. The fraction of sp³-hybridized carbons (Fsp3) is 0.462. The molecule has 1 aromatic carbocycles. The lowest BCUT2D eigenvalue weighted by Gasteiger charge is -2.10. The highest BCUT2D eigenvalue weighted by Crippen LogP contribution is 2.16. The minimum Gasteiger partial charge on any atom is -0.399 e. The minimum absolute atomic E-state index is 0.597. The predicted molar refractivity (Wildman–Crippen MR) is 74.5 cm³/mol. The van der Waals surface area contributed by atoms with Gasteiger partial charge in [-0.3, -0.25) is 0 Å². The zero-order valence-electron chi connectivity index (χ0n) is 10.7. The summed E-state index contributed by atoms with van der Waals surface area (Å²) in [4.78, 5) is 0. The maximum absolute atomic E-state index is 7.29. The maximum Gasteiger partial charge on any atom is 0.0701 e. The molecule has 5 heteroatoms. The summed E-state index contributed by atoms with van der Waals surface area (Å²) in [5.41, 5.74) is 8.06. The molecule has 1 rings (SSSR count). The number of anilines is 2. The molecule has 5 nitrogen and oxygen atoms in total. The Labute approximate surface area is 108 Å². The van der Waals surface area contributed by atoms with E-state index in [-0.39, 0.29) is 0 Å². The van der Waals surface area contributed by atoms with Gasteiger partial charge in [0.25, 0.3) is 0 Å². The first-order valence-electron chi connectivity index (χ1n) is 6.07. The Morgan fingerprint density at radius 2 is 2.06 bits per heavy atom. The molecule has 100 valence electrons. The van der Waals surface area contributed by atoms with Crippen LogP contribution in [-0.4, -0.2) is 39.2 Å². The van der Waals surface area contributed by atoms with Crippen molar-refractivity contribution in [3.8, 4) is 0 Å². The maximum atomic E-state index is 7.29. The molecule has 4 N–H and O–H groups in total. The van der Waals surface area contributed by atoms with E-state index < -0.39 is 0 Å². The van der Waals surface area contributed by atoms with Crippen LogP contribution in [0.15, 0.2) is 18.2 Å². The van der Waals surface area contributed by atoms with Gasteiger partial charge in [0.1, 0.15) is 0 Å². The Kier molecular flexibility index (Phi) is 6.83. The standard InChI is InChI=1S/C13H21N3O2/c1-2-17-7-8-18-6-5-16-13-9-12(15)4-3-11(13)10-14/h3-4,9-10,14,16H,2,5-8,15H2,1H3. The SMILES string of the molecule is CCOCCOCCNc1cc(N)ccc1C=N. The zero-order chi connectivity index (χ0) is 13.2. The van der Waals surface area contributed by atoms with Crippen molar-refractivity contribution in [2.24, 2.45) is 0 Å². The molecule has 0 aliphatic heterocycles. The van der Waals surface area contributed by atoms with Gasteiger partial charge in [-0.25, -0.2) is 0 Å². The second kappa shape index (κ2) is 8.49. The lowest BCUT2D eigenvalue weighted by molar-refractivity contribution is 0.0570. The van der Waals surface area contributed by atoms with Crippen molar-refractivity contribution in [1.29, 1.82) is 5.41 Å². The van der Waals surface area contributed by atoms with Crippen LogP contribution in [0.5, 0.6) is 0 Å². The second-order valence-corrected chi connectivity index (χ2v) is 3.73. The Morgan fingerprint density at radius 3 is 2.78 bits per heavy atom. The van der Waals surface area contributed by atoms with Gasteiger partial charge >= 0.3 is 0 Å². The largest absolute Gasteiger partial charge is 0.399 e. The summed E-state index contributed by atoms with van der Waals surface area (Å²) < 4.78 is 10.5. The van der Waals surface area contributed by atoms with Crippen LogP contribution in [0.3, 0.4) is 0 Å². The molecule has 1 aromatic rings. The van der Waals surface area contributed by atoms with Gasteiger partial charge in [0.2, 0.25) is 0 Å². The van der Waals surface area contributed by atoms with Crippen LogP contribution < -0.4 is 11.1 Å². The van der Waals surface area contributed by atoms with Gasteiger partial charge in [0.05, 0.1) is 19.8 Å². The smallest absolute Gasteiger partial charge is 0.0701 e. The van der Waals surface area contributed by atoms with Crippen molar-refractivity contribution < 1.29 is 9.47 Å². The average Bonchev–Trinajstić information content (AvgIpc) is 2.38. The van der Waals surface area contributed by atoms with Crippen molar-refractivity contribution in [2.75, 3.05) is 44.0 Å². The Hall–Kier alpha value is -1.59. The van der Waals surface area contributed by atoms with Crippen molar-refractivity contribution in [3.63, 3.8) is 0 Å². The predicted octanol–water partition coefficient (Wildman–Crippen LogP) is 1.73. The second-order valence-electron chi connectivity index (χ2n) is 3.73. The van der Waals surface area contributed by atoms with E-state index >= 15 is 0 Å². The zero-order valence-corrected chi connectivity index (χ0v) is 10.7. The van der Waals surface area contributed by atoms with Gasteiger partial charge in [-0.15, -0.1) is 0 Å². The van der Waals surface area contributed by atoms with Crippen LogP contribution in [-0.2, 0) is 9.47 Å². The van der Waals surface area contributed by atoms with Crippen LogP contribution in [0.25, 0.3) is 0 Å². The number of hydrogen-bond donors (Lipinski definition) is 3. The number of hydrogen-bond acceptors (Lipinski definition) is 5. The van der Waals surface area contributed by atoms with Gasteiger partial charge in [0, 0.05) is 36.3 Å². The summed E-state index contributed by atoms with van der Waals surface area (Å²) >= 11 is 0. The van der Waals surface area contributed by atoms with E-state index in [1.807, 2.05) is 19.1 Å². The summed E-state index contributed by atoms with van der Waals surface area (Å²) in [5, 5.41) is 10.5. The van der Waals surface area contributed by atoms with Gasteiger partial charge in [-0.05, 0) is 25.1 Å². The summed E-state index contributed by atoms with van der Waals surface area (Å²) in [7, 11) is 0. The number of nitrogen functional groups attached to an aromatic ring is 1. The fourth-order valence-electron chi connectivity index (χ4n) is 1.47. The molecule has 18 heavy (non-hydrogen) atoms. The van der Waals surface area contributed by atoms with Gasteiger partial charge < -0.3 is 25.9 Å². The van der Waals surface area contributed by atoms with Crippen LogP contribution in [0.4, 0.5) is 11.4 Å². The van der Waals surface area contributed by atoms with Crippen LogP contribution in [0.1, 0.15) is 12.5 Å². The Morgan fingerprint density at radius 1 is 1.28 bits per heavy atom. The van der Waals surface area contributed by atoms with Crippen LogP contribution >= 0.6 is 0 Å². The van der Waals surface area contributed by atoms with E-state index in [4.69, 9.17) is 20.6 Å². The molecule has 0 atom stereocenters. The number of nitrogens with one attached hydrogen (secondary N) is 2. The molecule has 0 unspecified atom stereocenters. The first-order chi connectivity index (χ1) is 8.77. The first-order valence-corrected chi connectivity index (χ1v) is 6.07. The quantitative estimate of drug-likeness (QED) is 0.355. The molecule has 0 aliphatic carbocycles. The molecular weight excluding hydrogens is 230 g/mol. The lowest BCUT2D eigenvalue weighted by Crippen LogP contribution is -2.13. The monoisotopic (exact) mass is 251 g/mol. The summed E-state index contributed by atoms with van der Waals surface area (Å²) in [5.74, 6) is 0. The Bertz CT molecular complexity index is 369. The third-order valence-corrected chi connectivity index (χ3v) is 2.37. The highest BCUT2D eigenvalue weighted by atomic mass is 16.5. The van der Waals surface area contributed by atoms with Crippen molar-refractivity contribution in [2.45, 2.75) is 6.92 Å². The van der Waals surface area contributed by atoms with Crippen molar-refractivity contribution >= 4 is 17.6 Å². The summed E-state index contributed by atoms with van der Waals surface area (Å²) in [6.45, 7) is 5.17. The van der Waals surface area contributed by atoms with Gasteiger partial charge in [-0.1, -0.05) is 0 Å². The normalized spacial score (nSPS) is 10.3. The first kappa shape index (κ1) is 14.5. The van der Waals surface area contributed by atoms with E-state index in [0.717, 1.165) is 11.3 Å². The minimum atomic E-state index is 0.597. The molecule has 0 bridgehead atoms. The molecule has 0 saturated heterocycles. The van der Waals surface area contributed by atoms with E-state index in [9.17, 15) is 0 Å². The number of ether oxygens (including phenoxy) is 2. The average molecular weight is 251 g/mol. The van der Waals surface area contributed by atoms with Gasteiger partial charge in [0.15, 0.2) is 0 Å². The van der Waals surface area contributed by atoms with E-state index in [1.54, 1.807) is 6.07 Å². The van der Waals surface area contributed by atoms with E-state index in [0.29, 0.717) is 38.7 Å². The number of nitrogens with two attached hydrogens (primary N) is 1. The topological polar surface area (TPSA) is 80.4 Å². The third-order valence-electron chi connectivity index (χ3n) is 2.37. The summed E-state index contributed by atoms with van der Waals surface area (Å²) in [6, 6.07) is 5.42. The molecule has 0 aliphatic rings. The van der Waals surface area contributed by atoms with Gasteiger partial charge in [-0.2, -0.15) is 0 Å². The highest BCUT2D eigenvalue weighted by molar-refractivity contribution is 5.87.